The Hall–Kier alpha value is -1.10. The maximum Gasteiger partial charge on any atom is 0.233 e. The number of rotatable bonds is 4. The second-order valence-electron chi connectivity index (χ2n) is 4.12. The van der Waals surface area contributed by atoms with Gasteiger partial charge >= 0.3 is 0 Å². The molecule has 1 aromatic carbocycles. The van der Waals surface area contributed by atoms with Gasteiger partial charge in [0, 0.05) is 10.9 Å². The van der Waals surface area contributed by atoms with Crippen LogP contribution in [-0.4, -0.2) is 17.2 Å². The van der Waals surface area contributed by atoms with Crippen LogP contribution >= 0.6 is 11.8 Å². The van der Waals surface area contributed by atoms with Crippen molar-refractivity contribution >= 4 is 17.7 Å². The number of hydrogen-bond donors (Lipinski definition) is 1. The number of halogens is 2. The van der Waals surface area contributed by atoms with Gasteiger partial charge in [-0.05, 0) is 38.0 Å². The first kappa shape index (κ1) is 12.4. The molecule has 0 unspecified atom stereocenters. The van der Waals surface area contributed by atoms with E-state index in [9.17, 15) is 13.6 Å². The molecule has 1 aliphatic rings. The van der Waals surface area contributed by atoms with Crippen molar-refractivity contribution < 1.29 is 13.6 Å². The lowest BCUT2D eigenvalue weighted by Gasteiger charge is -2.11. The molecule has 92 valence electrons. The van der Waals surface area contributed by atoms with Gasteiger partial charge in [0.1, 0.15) is 11.6 Å². The van der Waals surface area contributed by atoms with Gasteiger partial charge in [-0.15, -0.1) is 11.8 Å². The highest BCUT2D eigenvalue weighted by atomic mass is 32.2. The number of carbonyl (C=O) groups excluding carboxylic acids is 1. The summed E-state index contributed by atoms with van der Waals surface area (Å²) in [5.74, 6) is -1.12. The number of nitrogens with one attached hydrogen (secondary N) is 1. The lowest BCUT2D eigenvalue weighted by Crippen LogP contribution is -2.32. The summed E-state index contributed by atoms with van der Waals surface area (Å²) in [6.07, 6.45) is 2.02. The molecule has 0 radical (unpaired) electrons. The standard InChI is InChI=1S/C12H13F2NOS/c1-7(12(16)15-9-3-4-9)17-11-6-8(13)2-5-10(11)14/h2,5-7,9H,3-4H2,1H3,(H,15,16)/t7-/m1/s1. The number of hydrogen-bond acceptors (Lipinski definition) is 2. The van der Waals surface area contributed by atoms with Gasteiger partial charge in [0.25, 0.3) is 0 Å². The van der Waals surface area contributed by atoms with E-state index < -0.39 is 16.9 Å². The largest absolute Gasteiger partial charge is 0.352 e. The summed E-state index contributed by atoms with van der Waals surface area (Å²) >= 11 is 1.04. The zero-order valence-corrected chi connectivity index (χ0v) is 10.2. The molecule has 1 atom stereocenters. The van der Waals surface area contributed by atoms with Crippen molar-refractivity contribution in [2.75, 3.05) is 0 Å². The van der Waals surface area contributed by atoms with Crippen LogP contribution in [0.5, 0.6) is 0 Å². The lowest BCUT2D eigenvalue weighted by atomic mass is 10.3. The quantitative estimate of drug-likeness (QED) is 0.840. The summed E-state index contributed by atoms with van der Waals surface area (Å²) in [4.78, 5) is 11.8. The molecule has 0 aliphatic heterocycles. The van der Waals surface area contributed by atoms with Gasteiger partial charge in [0.05, 0.1) is 5.25 Å². The van der Waals surface area contributed by atoms with Gasteiger partial charge < -0.3 is 5.32 Å². The average Bonchev–Trinajstić information content (AvgIpc) is 3.07. The van der Waals surface area contributed by atoms with E-state index in [4.69, 9.17) is 0 Å². The van der Waals surface area contributed by atoms with Gasteiger partial charge in [-0.1, -0.05) is 0 Å². The molecule has 1 saturated carbocycles. The molecule has 5 heteroatoms. The van der Waals surface area contributed by atoms with Gasteiger partial charge in [-0.2, -0.15) is 0 Å². The molecule has 1 N–H and O–H groups in total. The Morgan fingerprint density at radius 3 is 2.82 bits per heavy atom. The molecule has 2 rings (SSSR count). The summed E-state index contributed by atoms with van der Waals surface area (Å²) < 4.78 is 26.3. The Labute approximate surface area is 103 Å². The Morgan fingerprint density at radius 2 is 2.18 bits per heavy atom. The Kier molecular flexibility index (Phi) is 3.66. The molecule has 0 spiro atoms. The molecule has 0 aromatic heterocycles. The van der Waals surface area contributed by atoms with Crippen molar-refractivity contribution in [1.82, 2.24) is 5.32 Å². The Bertz CT molecular complexity index is 435. The molecule has 1 aliphatic carbocycles. The number of amides is 1. The molecule has 0 heterocycles. The van der Waals surface area contributed by atoms with Crippen molar-refractivity contribution in [1.29, 1.82) is 0 Å². The van der Waals surface area contributed by atoms with E-state index in [1.165, 1.54) is 0 Å². The van der Waals surface area contributed by atoms with Crippen LogP contribution in [0.1, 0.15) is 19.8 Å². The molecule has 1 fully saturated rings. The predicted molar refractivity (Wildman–Crippen MR) is 62.8 cm³/mol. The summed E-state index contributed by atoms with van der Waals surface area (Å²) in [5, 5.41) is 2.41. The zero-order chi connectivity index (χ0) is 12.4. The van der Waals surface area contributed by atoms with Gasteiger partial charge in [0.15, 0.2) is 0 Å². The van der Waals surface area contributed by atoms with E-state index in [2.05, 4.69) is 5.32 Å². The highest BCUT2D eigenvalue weighted by Gasteiger charge is 2.26. The first-order chi connectivity index (χ1) is 8.06. The third-order valence-corrected chi connectivity index (χ3v) is 3.62. The summed E-state index contributed by atoms with van der Waals surface area (Å²) in [5.41, 5.74) is 0. The van der Waals surface area contributed by atoms with Crippen molar-refractivity contribution in [2.24, 2.45) is 0 Å². The molecule has 1 amide bonds. The van der Waals surface area contributed by atoms with Crippen LogP contribution < -0.4 is 5.32 Å². The van der Waals surface area contributed by atoms with Crippen LogP contribution in [0.3, 0.4) is 0 Å². The normalized spacial score (nSPS) is 16.6. The van der Waals surface area contributed by atoms with Crippen molar-refractivity contribution in [3.63, 3.8) is 0 Å². The zero-order valence-electron chi connectivity index (χ0n) is 9.37. The highest BCUT2D eigenvalue weighted by molar-refractivity contribution is 8.00. The third kappa shape index (κ3) is 3.43. The van der Waals surface area contributed by atoms with Crippen molar-refractivity contribution in [2.45, 2.75) is 36.0 Å². The molecule has 17 heavy (non-hydrogen) atoms. The Balaban J connectivity index is 1.98. The van der Waals surface area contributed by atoms with Gasteiger partial charge in [0.2, 0.25) is 5.91 Å². The van der Waals surface area contributed by atoms with Crippen molar-refractivity contribution in [3.8, 4) is 0 Å². The maximum atomic E-state index is 13.3. The number of thioether (sulfide) groups is 1. The topological polar surface area (TPSA) is 29.1 Å². The fraction of sp³-hybridized carbons (Fsp3) is 0.417. The van der Waals surface area contributed by atoms with Crippen LogP contribution in [0, 0.1) is 11.6 Å². The lowest BCUT2D eigenvalue weighted by molar-refractivity contribution is -0.120. The average molecular weight is 257 g/mol. The molecule has 0 saturated heterocycles. The number of carbonyl (C=O) groups is 1. The molecule has 1 aromatic rings. The molecule has 2 nitrogen and oxygen atoms in total. The van der Waals surface area contributed by atoms with Gasteiger partial charge in [-0.25, -0.2) is 8.78 Å². The second-order valence-corrected chi connectivity index (χ2v) is 5.50. The van der Waals surface area contributed by atoms with E-state index in [1.54, 1.807) is 6.92 Å². The summed E-state index contributed by atoms with van der Waals surface area (Å²) in [7, 11) is 0. The molecular weight excluding hydrogens is 244 g/mol. The van der Waals surface area contributed by atoms with Crippen LogP contribution in [-0.2, 0) is 4.79 Å². The van der Waals surface area contributed by atoms with E-state index in [1.807, 2.05) is 0 Å². The fourth-order valence-electron chi connectivity index (χ4n) is 1.36. The monoisotopic (exact) mass is 257 g/mol. The fourth-order valence-corrected chi connectivity index (χ4v) is 2.27. The van der Waals surface area contributed by atoms with Crippen LogP contribution in [0.15, 0.2) is 23.1 Å². The second kappa shape index (κ2) is 5.04. The smallest absolute Gasteiger partial charge is 0.233 e. The first-order valence-corrected chi connectivity index (χ1v) is 6.36. The maximum absolute atomic E-state index is 13.3. The van der Waals surface area contributed by atoms with Crippen LogP contribution in [0.25, 0.3) is 0 Å². The highest BCUT2D eigenvalue weighted by Crippen LogP contribution is 2.28. The minimum Gasteiger partial charge on any atom is -0.352 e. The summed E-state index contributed by atoms with van der Waals surface area (Å²) in [6.45, 7) is 1.69. The van der Waals surface area contributed by atoms with E-state index >= 15 is 0 Å². The first-order valence-electron chi connectivity index (χ1n) is 5.48. The van der Waals surface area contributed by atoms with Crippen LogP contribution in [0.2, 0.25) is 0 Å². The molecular formula is C12H13F2NOS. The number of benzene rings is 1. The van der Waals surface area contributed by atoms with E-state index in [-0.39, 0.29) is 16.8 Å². The minimum absolute atomic E-state index is 0.124. The van der Waals surface area contributed by atoms with Crippen molar-refractivity contribution in [3.05, 3.63) is 29.8 Å². The van der Waals surface area contributed by atoms with E-state index in [0.717, 1.165) is 42.8 Å². The molecule has 0 bridgehead atoms. The van der Waals surface area contributed by atoms with E-state index in [0.29, 0.717) is 0 Å². The van der Waals surface area contributed by atoms with Crippen LogP contribution in [0.4, 0.5) is 8.78 Å². The Morgan fingerprint density at radius 1 is 1.47 bits per heavy atom. The SMILES string of the molecule is C[C@@H](Sc1cc(F)ccc1F)C(=O)NC1CC1. The third-order valence-electron chi connectivity index (χ3n) is 2.49. The predicted octanol–water partition coefficient (Wildman–Crippen LogP) is 2.72. The minimum atomic E-state index is -0.498. The summed E-state index contributed by atoms with van der Waals surface area (Å²) in [6, 6.07) is 3.53. The van der Waals surface area contributed by atoms with Gasteiger partial charge in [-0.3, -0.25) is 4.79 Å².